The molecule has 0 saturated carbocycles. The molecule has 0 unspecified atom stereocenters. The summed E-state index contributed by atoms with van der Waals surface area (Å²) in [7, 11) is 0. The van der Waals surface area contributed by atoms with Crippen molar-refractivity contribution in [1.82, 2.24) is 4.98 Å². The van der Waals surface area contributed by atoms with Gasteiger partial charge in [-0.3, -0.25) is 4.98 Å². The summed E-state index contributed by atoms with van der Waals surface area (Å²) < 4.78 is 0. The van der Waals surface area contributed by atoms with Gasteiger partial charge < -0.3 is 14.7 Å². The van der Waals surface area contributed by atoms with Crippen LogP contribution in [0, 0.1) is 0 Å². The number of fused-ring (bicyclic) bond motifs is 8. The van der Waals surface area contributed by atoms with Crippen LogP contribution in [-0.2, 0) is 5.41 Å². The van der Waals surface area contributed by atoms with E-state index in [1.165, 1.54) is 49.4 Å². The van der Waals surface area contributed by atoms with Gasteiger partial charge in [0.1, 0.15) is 0 Å². The molecule has 0 spiro atoms. The maximum absolute atomic E-state index is 4.80. The molecule has 63 heavy (non-hydrogen) atoms. The lowest BCUT2D eigenvalue weighted by Gasteiger charge is -2.51. The molecule has 0 N–H and O–H groups in total. The molecule has 4 nitrogen and oxygen atoms in total. The van der Waals surface area contributed by atoms with Crippen molar-refractivity contribution >= 4 is 85.1 Å². The Kier molecular flexibility index (Phi) is 7.88. The van der Waals surface area contributed by atoms with Gasteiger partial charge in [0, 0.05) is 23.0 Å². The number of pyridine rings is 1. The van der Waals surface area contributed by atoms with Crippen LogP contribution in [0.3, 0.4) is 0 Å². The van der Waals surface area contributed by atoms with E-state index < -0.39 is 5.41 Å². The van der Waals surface area contributed by atoms with Gasteiger partial charge >= 0.3 is 0 Å². The standard InChI is InChI=1S/C58H39BN4/c1-4-22-41(23-5-1)58(42-24-6-2-7-25-42)46-30-12-13-31-48(46)59-49-32-14-15-33-51(49)62(44-28-19-37-60-39-44)57-55(59)47(58)38-54-56(57)61(43-26-8-3-9-27-43)52-34-16-17-35-53(52)63(54)50-36-18-21-40-20-10-11-29-45(40)50/h1-39H. The summed E-state index contributed by atoms with van der Waals surface area (Å²) in [4.78, 5) is 12.4. The van der Waals surface area contributed by atoms with E-state index in [1.807, 2.05) is 12.4 Å². The predicted molar refractivity (Wildman–Crippen MR) is 262 cm³/mol. The Hall–Kier alpha value is -8.15. The molecule has 4 heterocycles. The third-order valence-corrected chi connectivity index (χ3v) is 13.5. The molecule has 5 heteroatoms. The smallest absolute Gasteiger partial charge is 0.247 e. The molecular weight excluding hydrogens is 763 g/mol. The van der Waals surface area contributed by atoms with Crippen LogP contribution in [0.2, 0.25) is 0 Å². The van der Waals surface area contributed by atoms with Crippen molar-refractivity contribution in [3.8, 4) is 0 Å². The molecule has 3 aliphatic heterocycles. The van der Waals surface area contributed by atoms with E-state index in [0.29, 0.717) is 0 Å². The van der Waals surface area contributed by atoms with Crippen molar-refractivity contribution < 1.29 is 0 Å². The first kappa shape index (κ1) is 35.6. The van der Waals surface area contributed by atoms with E-state index in [0.717, 1.165) is 51.2 Å². The highest BCUT2D eigenvalue weighted by atomic mass is 15.3. The number of anilines is 9. The minimum atomic E-state index is -0.694. The number of aromatic nitrogens is 1. The molecule has 9 aromatic carbocycles. The van der Waals surface area contributed by atoms with Gasteiger partial charge in [0.15, 0.2) is 0 Å². The number of hydrogen-bond donors (Lipinski definition) is 0. The van der Waals surface area contributed by atoms with Gasteiger partial charge in [0.05, 0.1) is 51.4 Å². The van der Waals surface area contributed by atoms with Crippen LogP contribution in [0.25, 0.3) is 10.8 Å². The Morgan fingerprint density at radius 2 is 0.937 bits per heavy atom. The van der Waals surface area contributed by atoms with E-state index in [1.54, 1.807) is 0 Å². The Labute approximate surface area is 367 Å². The first-order valence-electron chi connectivity index (χ1n) is 21.8. The van der Waals surface area contributed by atoms with E-state index in [-0.39, 0.29) is 6.71 Å². The fourth-order valence-corrected chi connectivity index (χ4v) is 11.2. The maximum Gasteiger partial charge on any atom is 0.247 e. The molecule has 0 amide bonds. The van der Waals surface area contributed by atoms with Gasteiger partial charge in [0.2, 0.25) is 6.71 Å². The molecular formula is C58H39BN4. The van der Waals surface area contributed by atoms with E-state index in [4.69, 9.17) is 4.98 Å². The van der Waals surface area contributed by atoms with E-state index in [2.05, 4.69) is 239 Å². The molecule has 13 rings (SSSR count). The molecule has 3 aliphatic rings. The summed E-state index contributed by atoms with van der Waals surface area (Å²) in [5.74, 6) is 0. The summed E-state index contributed by atoms with van der Waals surface area (Å²) in [6.45, 7) is -0.0676. The average molecular weight is 803 g/mol. The molecule has 0 atom stereocenters. The zero-order valence-electron chi connectivity index (χ0n) is 34.4. The second-order valence-electron chi connectivity index (χ2n) is 16.7. The van der Waals surface area contributed by atoms with Crippen LogP contribution < -0.4 is 31.1 Å². The number of nitrogens with zero attached hydrogens (tertiary/aromatic N) is 4. The van der Waals surface area contributed by atoms with Gasteiger partial charge in [-0.1, -0.05) is 175 Å². The third kappa shape index (κ3) is 5.02. The maximum atomic E-state index is 4.80. The lowest BCUT2D eigenvalue weighted by atomic mass is 9.29. The fourth-order valence-electron chi connectivity index (χ4n) is 11.2. The monoisotopic (exact) mass is 802 g/mol. The van der Waals surface area contributed by atoms with Gasteiger partial charge in [-0.15, -0.1) is 0 Å². The summed E-state index contributed by atoms with van der Waals surface area (Å²) in [6, 6.07) is 82.9. The Balaban J connectivity index is 1.30. The fraction of sp³-hybridized carbons (Fsp3) is 0.0172. The normalized spacial score (nSPS) is 14.0. The molecule has 0 bridgehead atoms. The SMILES string of the molecule is c1ccc(N2c3ccccc3N(c3cccc4ccccc34)c3cc4c5c(c32)N(c2cccnc2)c2ccccc2B5c2ccccc2C4(c2ccccc2)c2ccccc2)cc1. The summed E-state index contributed by atoms with van der Waals surface area (Å²) >= 11 is 0. The number of rotatable bonds is 5. The summed E-state index contributed by atoms with van der Waals surface area (Å²) in [5.41, 5.74) is 18.1. The topological polar surface area (TPSA) is 22.6 Å². The van der Waals surface area contributed by atoms with Crippen molar-refractivity contribution in [3.63, 3.8) is 0 Å². The highest BCUT2D eigenvalue weighted by Crippen LogP contribution is 2.62. The zero-order valence-corrected chi connectivity index (χ0v) is 34.4. The van der Waals surface area contributed by atoms with Crippen LogP contribution in [0.1, 0.15) is 22.3 Å². The van der Waals surface area contributed by atoms with Crippen molar-refractivity contribution in [1.29, 1.82) is 0 Å². The Bertz CT molecular complexity index is 3330. The van der Waals surface area contributed by atoms with Crippen molar-refractivity contribution in [2.45, 2.75) is 5.41 Å². The highest BCUT2D eigenvalue weighted by molar-refractivity contribution is 6.99. The van der Waals surface area contributed by atoms with E-state index >= 15 is 0 Å². The van der Waals surface area contributed by atoms with Gasteiger partial charge in [-0.2, -0.15) is 0 Å². The Morgan fingerprint density at radius 1 is 0.381 bits per heavy atom. The van der Waals surface area contributed by atoms with Crippen molar-refractivity contribution in [2.24, 2.45) is 0 Å². The van der Waals surface area contributed by atoms with E-state index in [9.17, 15) is 0 Å². The molecule has 1 aromatic heterocycles. The first-order valence-corrected chi connectivity index (χ1v) is 21.8. The van der Waals surface area contributed by atoms with Crippen LogP contribution in [0.15, 0.2) is 237 Å². The molecule has 0 radical (unpaired) electrons. The van der Waals surface area contributed by atoms with Crippen LogP contribution in [-0.4, -0.2) is 11.7 Å². The van der Waals surface area contributed by atoms with Crippen LogP contribution >= 0.6 is 0 Å². The zero-order chi connectivity index (χ0) is 41.5. The lowest BCUT2D eigenvalue weighted by molar-refractivity contribution is 0.750. The lowest BCUT2D eigenvalue weighted by Crippen LogP contribution is -2.65. The predicted octanol–water partition coefficient (Wildman–Crippen LogP) is 12.5. The number of hydrogen-bond acceptors (Lipinski definition) is 4. The third-order valence-electron chi connectivity index (χ3n) is 13.5. The molecule has 0 saturated heterocycles. The second kappa shape index (κ2) is 13.9. The van der Waals surface area contributed by atoms with Crippen molar-refractivity contribution in [3.05, 3.63) is 259 Å². The second-order valence-corrected chi connectivity index (χ2v) is 16.7. The van der Waals surface area contributed by atoms with Gasteiger partial charge in [0.25, 0.3) is 0 Å². The van der Waals surface area contributed by atoms with Crippen LogP contribution in [0.4, 0.5) is 51.2 Å². The Morgan fingerprint density at radius 3 is 1.67 bits per heavy atom. The van der Waals surface area contributed by atoms with Gasteiger partial charge in [-0.25, -0.2) is 0 Å². The minimum Gasteiger partial charge on any atom is -0.308 e. The number of benzene rings is 9. The summed E-state index contributed by atoms with van der Waals surface area (Å²) in [6.07, 6.45) is 3.90. The molecule has 0 aliphatic carbocycles. The van der Waals surface area contributed by atoms with Gasteiger partial charge in [-0.05, 0) is 93.2 Å². The largest absolute Gasteiger partial charge is 0.308 e. The first-order chi connectivity index (χ1) is 31.3. The molecule has 10 aromatic rings. The minimum absolute atomic E-state index is 0.0676. The highest BCUT2D eigenvalue weighted by Gasteiger charge is 2.53. The van der Waals surface area contributed by atoms with Crippen molar-refractivity contribution in [2.75, 3.05) is 14.7 Å². The summed E-state index contributed by atoms with van der Waals surface area (Å²) in [5, 5.41) is 2.39. The molecule has 294 valence electrons. The molecule has 0 fully saturated rings. The quantitative estimate of drug-likeness (QED) is 0.162. The average Bonchev–Trinajstić information content (AvgIpc) is 3.36. The number of para-hydroxylation sites is 4. The van der Waals surface area contributed by atoms with Crippen LogP contribution in [0.5, 0.6) is 0 Å².